The molecule has 2 aliphatic heterocycles. The largest absolute Gasteiger partial charge is 0.481 e. The third-order valence-electron chi connectivity index (χ3n) is 4.04. The Morgan fingerprint density at radius 3 is 3.00 bits per heavy atom. The van der Waals surface area contributed by atoms with Gasteiger partial charge in [0.25, 0.3) is 0 Å². The molecule has 1 saturated heterocycles. The molecule has 4 nitrogen and oxygen atoms in total. The molecule has 1 N–H and O–H groups in total. The summed E-state index contributed by atoms with van der Waals surface area (Å²) in [5.41, 5.74) is 2.31. The lowest BCUT2D eigenvalue weighted by Gasteiger charge is -2.35. The van der Waals surface area contributed by atoms with E-state index in [4.69, 9.17) is 4.74 Å². The molecule has 0 aromatic heterocycles. The van der Waals surface area contributed by atoms with Crippen LogP contribution < -0.4 is 4.90 Å². The van der Waals surface area contributed by atoms with Crippen molar-refractivity contribution in [2.24, 2.45) is 5.92 Å². The molecule has 1 fully saturated rings. The maximum atomic E-state index is 11.3. The molecule has 2 atom stereocenters. The van der Waals surface area contributed by atoms with Gasteiger partial charge in [0, 0.05) is 25.4 Å². The van der Waals surface area contributed by atoms with E-state index in [1.54, 1.807) is 0 Å². The quantitative estimate of drug-likeness (QED) is 0.903. The number of ether oxygens (including phenoxy) is 1. The fourth-order valence-corrected chi connectivity index (χ4v) is 3.06. The molecule has 0 bridgehead atoms. The second-order valence-corrected chi connectivity index (χ2v) is 5.41. The Bertz CT molecular complexity index is 468. The van der Waals surface area contributed by atoms with Crippen LogP contribution in [0.5, 0.6) is 0 Å². The van der Waals surface area contributed by atoms with Crippen LogP contribution in [0.15, 0.2) is 24.3 Å². The molecule has 0 saturated carbocycles. The maximum Gasteiger partial charge on any atom is 0.308 e. The lowest BCUT2D eigenvalue weighted by molar-refractivity contribution is -0.141. The number of carbonyl (C=O) groups is 1. The number of aliphatic carboxylic acids is 1. The first-order valence-corrected chi connectivity index (χ1v) is 6.91. The zero-order valence-electron chi connectivity index (χ0n) is 10.9. The summed E-state index contributed by atoms with van der Waals surface area (Å²) in [5.74, 6) is -1.01. The van der Waals surface area contributed by atoms with Gasteiger partial charge in [0.15, 0.2) is 0 Å². The summed E-state index contributed by atoms with van der Waals surface area (Å²) in [6, 6.07) is 8.12. The van der Waals surface area contributed by atoms with E-state index in [1.165, 1.54) is 5.69 Å². The highest BCUT2D eigenvalue weighted by Crippen LogP contribution is 2.30. The van der Waals surface area contributed by atoms with Crippen molar-refractivity contribution in [3.05, 3.63) is 29.8 Å². The average Bonchev–Trinajstić information content (AvgIpc) is 2.91. The summed E-state index contributed by atoms with van der Waals surface area (Å²) < 4.78 is 5.68. The first-order valence-electron chi connectivity index (χ1n) is 6.91. The van der Waals surface area contributed by atoms with E-state index < -0.39 is 5.97 Å². The summed E-state index contributed by atoms with van der Waals surface area (Å²) in [6.07, 6.45) is 3.08. The van der Waals surface area contributed by atoms with Crippen molar-refractivity contribution in [1.29, 1.82) is 0 Å². The fourth-order valence-electron chi connectivity index (χ4n) is 3.06. The number of benzene rings is 1. The Hall–Kier alpha value is -1.55. The zero-order valence-corrected chi connectivity index (χ0v) is 10.9. The monoisotopic (exact) mass is 261 g/mol. The number of para-hydroxylation sites is 1. The second-order valence-electron chi connectivity index (χ2n) is 5.41. The van der Waals surface area contributed by atoms with Gasteiger partial charge in [-0.25, -0.2) is 0 Å². The van der Waals surface area contributed by atoms with E-state index >= 15 is 0 Å². The molecule has 0 aliphatic carbocycles. The van der Waals surface area contributed by atoms with Crippen LogP contribution in [0.4, 0.5) is 5.69 Å². The van der Waals surface area contributed by atoms with Crippen LogP contribution in [-0.4, -0.2) is 36.9 Å². The molecule has 2 aliphatic rings. The number of carboxylic acid groups (broad SMARTS) is 1. The van der Waals surface area contributed by atoms with Crippen molar-refractivity contribution >= 4 is 11.7 Å². The number of nitrogens with zero attached hydrogens (tertiary/aromatic N) is 1. The molecule has 0 radical (unpaired) electrons. The van der Waals surface area contributed by atoms with Gasteiger partial charge in [-0.2, -0.15) is 0 Å². The number of anilines is 1. The minimum Gasteiger partial charge on any atom is -0.481 e. The Morgan fingerprint density at radius 1 is 1.42 bits per heavy atom. The van der Waals surface area contributed by atoms with E-state index in [9.17, 15) is 9.90 Å². The third-order valence-corrected chi connectivity index (χ3v) is 4.04. The molecule has 19 heavy (non-hydrogen) atoms. The van der Waals surface area contributed by atoms with E-state index in [2.05, 4.69) is 11.0 Å². The smallest absolute Gasteiger partial charge is 0.308 e. The number of carboxylic acids is 1. The normalized spacial score (nSPS) is 26.2. The molecule has 0 spiro atoms. The van der Waals surface area contributed by atoms with Gasteiger partial charge in [0.2, 0.25) is 0 Å². The first-order chi connectivity index (χ1) is 9.24. The van der Waals surface area contributed by atoms with Crippen LogP contribution in [0.1, 0.15) is 18.4 Å². The lowest BCUT2D eigenvalue weighted by Crippen LogP contribution is -2.42. The summed E-state index contributed by atoms with van der Waals surface area (Å²) >= 11 is 0. The van der Waals surface area contributed by atoms with Crippen molar-refractivity contribution in [2.45, 2.75) is 25.4 Å². The highest BCUT2D eigenvalue weighted by Gasteiger charge is 2.30. The van der Waals surface area contributed by atoms with Crippen LogP contribution >= 0.6 is 0 Å². The molecule has 102 valence electrons. The van der Waals surface area contributed by atoms with Gasteiger partial charge in [0.1, 0.15) is 0 Å². The lowest BCUT2D eigenvalue weighted by atomic mass is 9.92. The second kappa shape index (κ2) is 5.21. The van der Waals surface area contributed by atoms with E-state index in [0.29, 0.717) is 13.0 Å². The minimum absolute atomic E-state index is 0.251. The van der Waals surface area contributed by atoms with Crippen molar-refractivity contribution in [3.8, 4) is 0 Å². The molecular weight excluding hydrogens is 242 g/mol. The Kier molecular flexibility index (Phi) is 3.42. The average molecular weight is 261 g/mol. The van der Waals surface area contributed by atoms with Gasteiger partial charge in [-0.3, -0.25) is 4.79 Å². The van der Waals surface area contributed by atoms with Crippen LogP contribution in [0.2, 0.25) is 0 Å². The molecule has 3 rings (SSSR count). The Balaban J connectivity index is 1.82. The maximum absolute atomic E-state index is 11.3. The summed E-state index contributed by atoms with van der Waals surface area (Å²) in [5, 5.41) is 9.28. The van der Waals surface area contributed by atoms with Crippen molar-refractivity contribution in [1.82, 2.24) is 0 Å². The first kappa shape index (κ1) is 12.5. The predicted octanol–water partition coefficient (Wildman–Crippen LogP) is 1.93. The SMILES string of the molecule is O=C(O)C1Cc2ccccc2N(CC2CCCO2)C1. The fraction of sp³-hybridized carbons (Fsp3) is 0.533. The number of hydrogen-bond donors (Lipinski definition) is 1. The highest BCUT2D eigenvalue weighted by atomic mass is 16.5. The summed E-state index contributed by atoms with van der Waals surface area (Å²) in [4.78, 5) is 13.5. The van der Waals surface area contributed by atoms with E-state index in [-0.39, 0.29) is 12.0 Å². The molecular formula is C15H19NO3. The number of hydrogen-bond acceptors (Lipinski definition) is 3. The molecule has 0 amide bonds. The van der Waals surface area contributed by atoms with Crippen LogP contribution in [0.3, 0.4) is 0 Å². The van der Waals surface area contributed by atoms with Gasteiger partial charge in [-0.15, -0.1) is 0 Å². The Morgan fingerprint density at radius 2 is 2.26 bits per heavy atom. The number of fused-ring (bicyclic) bond motifs is 1. The Labute approximate surface area is 113 Å². The van der Waals surface area contributed by atoms with Gasteiger partial charge >= 0.3 is 5.97 Å². The molecule has 4 heteroatoms. The minimum atomic E-state index is -0.702. The third kappa shape index (κ3) is 2.59. The molecule has 2 unspecified atom stereocenters. The van der Waals surface area contributed by atoms with Gasteiger partial charge < -0.3 is 14.7 Å². The van der Waals surface area contributed by atoms with Gasteiger partial charge in [0.05, 0.1) is 12.0 Å². The molecule has 2 heterocycles. The summed E-state index contributed by atoms with van der Waals surface area (Å²) in [6.45, 7) is 2.23. The van der Waals surface area contributed by atoms with Gasteiger partial charge in [-0.05, 0) is 30.9 Å². The van der Waals surface area contributed by atoms with Crippen LogP contribution in [0.25, 0.3) is 0 Å². The molecule has 1 aromatic carbocycles. The highest BCUT2D eigenvalue weighted by molar-refractivity contribution is 5.73. The topological polar surface area (TPSA) is 49.8 Å². The molecule has 1 aromatic rings. The van der Waals surface area contributed by atoms with E-state index in [0.717, 1.165) is 31.6 Å². The van der Waals surface area contributed by atoms with Crippen LogP contribution in [0, 0.1) is 5.92 Å². The van der Waals surface area contributed by atoms with Crippen molar-refractivity contribution in [2.75, 3.05) is 24.6 Å². The van der Waals surface area contributed by atoms with Crippen molar-refractivity contribution < 1.29 is 14.6 Å². The van der Waals surface area contributed by atoms with Gasteiger partial charge in [-0.1, -0.05) is 18.2 Å². The predicted molar refractivity (Wildman–Crippen MR) is 72.5 cm³/mol. The standard InChI is InChI=1S/C15H19NO3/c17-15(18)12-8-11-4-1-2-6-14(11)16(9-12)10-13-5-3-7-19-13/h1-2,4,6,12-13H,3,5,7-10H2,(H,17,18). The summed E-state index contributed by atoms with van der Waals surface area (Å²) in [7, 11) is 0. The van der Waals surface area contributed by atoms with Crippen LogP contribution in [-0.2, 0) is 16.0 Å². The van der Waals surface area contributed by atoms with E-state index in [1.807, 2.05) is 18.2 Å². The van der Waals surface area contributed by atoms with Crippen molar-refractivity contribution in [3.63, 3.8) is 0 Å². The zero-order chi connectivity index (χ0) is 13.2. The number of rotatable bonds is 3.